The molecule has 0 aliphatic carbocycles. The Balaban J connectivity index is 1.40. The van der Waals surface area contributed by atoms with Crippen molar-refractivity contribution in [2.75, 3.05) is 46.9 Å². The summed E-state index contributed by atoms with van der Waals surface area (Å²) in [5.74, 6) is 1.41. The highest BCUT2D eigenvalue weighted by Gasteiger charge is 2.21. The minimum absolute atomic E-state index is 0.00189. The fourth-order valence-corrected chi connectivity index (χ4v) is 3.29. The van der Waals surface area contributed by atoms with Gasteiger partial charge in [-0.15, -0.1) is 0 Å². The summed E-state index contributed by atoms with van der Waals surface area (Å²) < 4.78 is 10.6. The summed E-state index contributed by atoms with van der Waals surface area (Å²) in [4.78, 5) is 21.0. The van der Waals surface area contributed by atoms with Crippen LogP contribution in [0.2, 0.25) is 0 Å². The van der Waals surface area contributed by atoms with Crippen LogP contribution in [-0.4, -0.2) is 67.8 Å². The monoisotopic (exact) mass is 384 g/mol. The van der Waals surface area contributed by atoms with Crippen LogP contribution in [0.25, 0.3) is 0 Å². The molecule has 0 spiro atoms. The number of amides is 2. The summed E-state index contributed by atoms with van der Waals surface area (Å²) in [6, 6.07) is 11.8. The highest BCUT2D eigenvalue weighted by molar-refractivity contribution is 5.74. The first-order chi connectivity index (χ1) is 13.7. The second-order valence-corrected chi connectivity index (χ2v) is 6.76. The average Bonchev–Trinajstić information content (AvgIpc) is 2.74. The first kappa shape index (κ1) is 19.9. The predicted octanol–water partition coefficient (Wildman–Crippen LogP) is 2.17. The Morgan fingerprint density at radius 1 is 1.07 bits per heavy atom. The van der Waals surface area contributed by atoms with E-state index in [0.29, 0.717) is 18.0 Å². The molecule has 2 amide bonds. The number of carbonyl (C=O) groups excluding carboxylic acids is 1. The lowest BCUT2D eigenvalue weighted by molar-refractivity contribution is 0.134. The Labute approximate surface area is 166 Å². The number of pyridine rings is 1. The number of aromatic nitrogens is 1. The van der Waals surface area contributed by atoms with E-state index in [1.54, 1.807) is 14.2 Å². The fourth-order valence-electron chi connectivity index (χ4n) is 3.29. The molecule has 0 unspecified atom stereocenters. The molecule has 1 fully saturated rings. The summed E-state index contributed by atoms with van der Waals surface area (Å²) in [7, 11) is 3.24. The van der Waals surface area contributed by atoms with Crippen LogP contribution in [0.5, 0.6) is 11.5 Å². The number of urea groups is 1. The van der Waals surface area contributed by atoms with E-state index in [1.165, 1.54) is 0 Å². The Bertz CT molecular complexity index is 762. The van der Waals surface area contributed by atoms with Crippen molar-refractivity contribution in [1.29, 1.82) is 0 Å². The number of nitrogens with one attached hydrogen (secondary N) is 1. The number of ether oxygens (including phenoxy) is 2. The molecule has 1 aromatic carbocycles. The van der Waals surface area contributed by atoms with E-state index in [2.05, 4.69) is 15.2 Å². The number of carbonyl (C=O) groups is 1. The third-order valence-electron chi connectivity index (χ3n) is 4.91. The van der Waals surface area contributed by atoms with Crippen molar-refractivity contribution >= 4 is 6.03 Å². The minimum atomic E-state index is -0.00189. The van der Waals surface area contributed by atoms with E-state index in [9.17, 15) is 4.79 Å². The highest BCUT2D eigenvalue weighted by Crippen LogP contribution is 2.27. The van der Waals surface area contributed by atoms with Crippen LogP contribution in [0.1, 0.15) is 11.3 Å². The van der Waals surface area contributed by atoms with E-state index in [-0.39, 0.29) is 6.03 Å². The van der Waals surface area contributed by atoms with Gasteiger partial charge in [0, 0.05) is 45.5 Å². The number of piperazine rings is 1. The molecule has 0 radical (unpaired) electrons. The molecule has 3 rings (SSSR count). The van der Waals surface area contributed by atoms with Crippen LogP contribution >= 0.6 is 0 Å². The van der Waals surface area contributed by atoms with E-state index < -0.39 is 0 Å². The van der Waals surface area contributed by atoms with Crippen molar-refractivity contribution in [3.63, 3.8) is 0 Å². The summed E-state index contributed by atoms with van der Waals surface area (Å²) in [5.41, 5.74) is 2.16. The summed E-state index contributed by atoms with van der Waals surface area (Å²) in [5, 5.41) is 3.02. The SMILES string of the molecule is COc1ccc(CCNC(=O)N2CCN(Cc3ccccn3)CC2)cc1OC. The molecule has 7 nitrogen and oxygen atoms in total. The molecule has 1 N–H and O–H groups in total. The van der Waals surface area contributed by atoms with Crippen LogP contribution < -0.4 is 14.8 Å². The molecule has 1 saturated heterocycles. The lowest BCUT2D eigenvalue weighted by Crippen LogP contribution is -2.51. The molecular weight excluding hydrogens is 356 g/mol. The van der Waals surface area contributed by atoms with Gasteiger partial charge in [0.15, 0.2) is 11.5 Å². The van der Waals surface area contributed by atoms with Gasteiger partial charge in [-0.05, 0) is 36.2 Å². The van der Waals surface area contributed by atoms with Gasteiger partial charge < -0.3 is 19.7 Å². The van der Waals surface area contributed by atoms with E-state index in [1.807, 2.05) is 47.5 Å². The Morgan fingerprint density at radius 3 is 2.54 bits per heavy atom. The average molecular weight is 384 g/mol. The quantitative estimate of drug-likeness (QED) is 0.793. The lowest BCUT2D eigenvalue weighted by atomic mass is 10.1. The van der Waals surface area contributed by atoms with Crippen molar-refractivity contribution in [3.05, 3.63) is 53.9 Å². The molecule has 0 bridgehead atoms. The van der Waals surface area contributed by atoms with Crippen LogP contribution in [0.4, 0.5) is 4.79 Å². The van der Waals surface area contributed by atoms with Crippen LogP contribution in [-0.2, 0) is 13.0 Å². The van der Waals surface area contributed by atoms with Crippen molar-refractivity contribution in [3.8, 4) is 11.5 Å². The molecule has 150 valence electrons. The van der Waals surface area contributed by atoms with E-state index >= 15 is 0 Å². The number of nitrogens with zero attached hydrogens (tertiary/aromatic N) is 3. The third kappa shape index (κ3) is 5.36. The van der Waals surface area contributed by atoms with E-state index in [4.69, 9.17) is 9.47 Å². The standard InChI is InChI=1S/C21H28N4O3/c1-27-19-7-6-17(15-20(19)28-2)8-10-23-21(26)25-13-11-24(12-14-25)16-18-5-3-4-9-22-18/h3-7,9,15H,8,10-14,16H2,1-2H3,(H,23,26). The molecule has 1 aliphatic heterocycles. The number of hydrogen-bond acceptors (Lipinski definition) is 5. The molecular formula is C21H28N4O3. The minimum Gasteiger partial charge on any atom is -0.493 e. The number of methoxy groups -OCH3 is 2. The first-order valence-electron chi connectivity index (χ1n) is 9.55. The molecule has 1 aliphatic rings. The van der Waals surface area contributed by atoms with Gasteiger partial charge in [-0.25, -0.2) is 4.79 Å². The normalized spacial score (nSPS) is 14.6. The molecule has 2 heterocycles. The van der Waals surface area contributed by atoms with Crippen LogP contribution in [0, 0.1) is 0 Å². The van der Waals surface area contributed by atoms with Gasteiger partial charge in [0.2, 0.25) is 0 Å². The van der Waals surface area contributed by atoms with Crippen molar-refractivity contribution < 1.29 is 14.3 Å². The zero-order chi connectivity index (χ0) is 19.8. The van der Waals surface area contributed by atoms with Gasteiger partial charge in [-0.3, -0.25) is 9.88 Å². The Kier molecular flexibility index (Phi) is 7.08. The lowest BCUT2D eigenvalue weighted by Gasteiger charge is -2.34. The van der Waals surface area contributed by atoms with Gasteiger partial charge in [0.05, 0.1) is 19.9 Å². The molecule has 7 heteroatoms. The van der Waals surface area contributed by atoms with Gasteiger partial charge in [0.1, 0.15) is 0 Å². The third-order valence-corrected chi connectivity index (χ3v) is 4.91. The van der Waals surface area contributed by atoms with Crippen LogP contribution in [0.3, 0.4) is 0 Å². The van der Waals surface area contributed by atoms with Crippen molar-refractivity contribution in [2.45, 2.75) is 13.0 Å². The second-order valence-electron chi connectivity index (χ2n) is 6.76. The maximum Gasteiger partial charge on any atom is 0.317 e. The topological polar surface area (TPSA) is 66.9 Å². The molecule has 28 heavy (non-hydrogen) atoms. The number of benzene rings is 1. The maximum absolute atomic E-state index is 12.4. The molecule has 2 aromatic rings. The summed E-state index contributed by atoms with van der Waals surface area (Å²) in [6.07, 6.45) is 2.56. The predicted molar refractivity (Wildman–Crippen MR) is 108 cm³/mol. The molecule has 1 aromatic heterocycles. The second kappa shape index (κ2) is 9.94. The van der Waals surface area contributed by atoms with Crippen molar-refractivity contribution in [2.24, 2.45) is 0 Å². The Morgan fingerprint density at radius 2 is 1.86 bits per heavy atom. The molecule has 0 saturated carbocycles. The van der Waals surface area contributed by atoms with Gasteiger partial charge >= 0.3 is 6.03 Å². The fraction of sp³-hybridized carbons (Fsp3) is 0.429. The first-order valence-corrected chi connectivity index (χ1v) is 9.55. The van der Waals surface area contributed by atoms with Gasteiger partial charge in [-0.2, -0.15) is 0 Å². The largest absolute Gasteiger partial charge is 0.493 e. The summed E-state index contributed by atoms with van der Waals surface area (Å²) >= 11 is 0. The van der Waals surface area contributed by atoms with Gasteiger partial charge in [0.25, 0.3) is 0 Å². The Hall–Kier alpha value is -2.80. The number of rotatable bonds is 7. The highest BCUT2D eigenvalue weighted by atomic mass is 16.5. The zero-order valence-electron chi connectivity index (χ0n) is 16.6. The maximum atomic E-state index is 12.4. The number of hydrogen-bond donors (Lipinski definition) is 1. The smallest absolute Gasteiger partial charge is 0.317 e. The van der Waals surface area contributed by atoms with Gasteiger partial charge in [-0.1, -0.05) is 12.1 Å². The zero-order valence-corrected chi connectivity index (χ0v) is 16.6. The van der Waals surface area contributed by atoms with E-state index in [0.717, 1.165) is 50.4 Å². The summed E-state index contributed by atoms with van der Waals surface area (Å²) in [6.45, 7) is 4.60. The van der Waals surface area contributed by atoms with Crippen molar-refractivity contribution in [1.82, 2.24) is 20.1 Å². The molecule has 0 atom stereocenters. The van der Waals surface area contributed by atoms with Crippen LogP contribution in [0.15, 0.2) is 42.6 Å².